The lowest BCUT2D eigenvalue weighted by Gasteiger charge is -2.12. The van der Waals surface area contributed by atoms with E-state index in [0.717, 1.165) is 67.8 Å². The second-order valence-electron chi connectivity index (χ2n) is 9.41. The predicted molar refractivity (Wildman–Crippen MR) is 146 cm³/mol. The molecule has 0 spiro atoms. The second-order valence-corrected chi connectivity index (χ2v) is 9.41. The van der Waals surface area contributed by atoms with Crippen molar-refractivity contribution in [3.05, 3.63) is 95.3 Å². The molecule has 188 valence electrons. The normalized spacial score (nSPS) is 11.1. The van der Waals surface area contributed by atoms with Crippen LogP contribution >= 0.6 is 0 Å². The van der Waals surface area contributed by atoms with Gasteiger partial charge in [-0.05, 0) is 74.1 Å². The van der Waals surface area contributed by atoms with Crippen LogP contribution in [-0.2, 0) is 24.2 Å². The van der Waals surface area contributed by atoms with E-state index in [2.05, 4.69) is 66.2 Å². The monoisotopic (exact) mass is 483 g/mol. The Morgan fingerprint density at radius 2 is 1.69 bits per heavy atom. The van der Waals surface area contributed by atoms with Gasteiger partial charge in [-0.15, -0.1) is 0 Å². The van der Waals surface area contributed by atoms with Gasteiger partial charge in [-0.25, -0.2) is 4.98 Å². The van der Waals surface area contributed by atoms with Gasteiger partial charge >= 0.3 is 0 Å². The van der Waals surface area contributed by atoms with E-state index in [0.29, 0.717) is 13.0 Å². The Kier molecular flexibility index (Phi) is 9.15. The zero-order chi connectivity index (χ0) is 25.2. The van der Waals surface area contributed by atoms with Gasteiger partial charge in [0.15, 0.2) is 0 Å². The fourth-order valence-corrected chi connectivity index (χ4v) is 4.43. The van der Waals surface area contributed by atoms with Crippen molar-refractivity contribution in [1.82, 2.24) is 14.9 Å². The third-order valence-electron chi connectivity index (χ3n) is 6.68. The van der Waals surface area contributed by atoms with Crippen LogP contribution in [-0.4, -0.2) is 28.6 Å². The van der Waals surface area contributed by atoms with E-state index < -0.39 is 0 Å². The van der Waals surface area contributed by atoms with Crippen LogP contribution in [0.25, 0.3) is 11.0 Å². The zero-order valence-electron chi connectivity index (χ0n) is 21.5. The third kappa shape index (κ3) is 7.20. The summed E-state index contributed by atoms with van der Waals surface area (Å²) in [5.74, 6) is 2.14. The lowest BCUT2D eigenvalue weighted by atomic mass is 10.1. The number of nitrogens with zero attached hydrogens (tertiary/aromatic N) is 2. The molecule has 4 aromatic rings. The van der Waals surface area contributed by atoms with Crippen molar-refractivity contribution < 1.29 is 9.53 Å². The summed E-state index contributed by atoms with van der Waals surface area (Å²) in [5, 5.41) is 3.06. The van der Waals surface area contributed by atoms with Gasteiger partial charge in [0, 0.05) is 19.4 Å². The maximum Gasteiger partial charge on any atom is 0.220 e. The number of nitrogens with one attached hydrogen (secondary N) is 1. The van der Waals surface area contributed by atoms with Crippen LogP contribution in [0.2, 0.25) is 0 Å². The van der Waals surface area contributed by atoms with E-state index in [4.69, 9.17) is 9.72 Å². The molecule has 4 rings (SSSR count). The molecule has 1 aromatic heterocycles. The first-order chi connectivity index (χ1) is 17.6. The minimum Gasteiger partial charge on any atom is -0.492 e. The van der Waals surface area contributed by atoms with Crippen LogP contribution < -0.4 is 10.1 Å². The van der Waals surface area contributed by atoms with Gasteiger partial charge in [0.05, 0.1) is 17.6 Å². The molecule has 1 amide bonds. The Balaban J connectivity index is 1.22. The average Bonchev–Trinajstić information content (AvgIpc) is 3.25. The molecule has 0 saturated carbocycles. The molecule has 0 radical (unpaired) electrons. The highest BCUT2D eigenvalue weighted by atomic mass is 16.5. The molecule has 0 aliphatic rings. The van der Waals surface area contributed by atoms with E-state index >= 15 is 0 Å². The van der Waals surface area contributed by atoms with E-state index in [9.17, 15) is 4.79 Å². The molecule has 36 heavy (non-hydrogen) atoms. The van der Waals surface area contributed by atoms with Crippen LogP contribution in [0, 0.1) is 13.8 Å². The molecular weight excluding hydrogens is 446 g/mol. The number of para-hydroxylation sites is 2. The summed E-state index contributed by atoms with van der Waals surface area (Å²) < 4.78 is 8.35. The second kappa shape index (κ2) is 12.9. The SMILES string of the molecule is Cc1ccc(OCCn2c(CCCCCNC(=O)CCc3ccccc3)nc3ccccc32)cc1C. The largest absolute Gasteiger partial charge is 0.492 e. The number of rotatable bonds is 13. The van der Waals surface area contributed by atoms with Gasteiger partial charge in [0.2, 0.25) is 5.91 Å². The Labute approximate surface area is 214 Å². The van der Waals surface area contributed by atoms with Gasteiger partial charge in [0.25, 0.3) is 0 Å². The zero-order valence-corrected chi connectivity index (χ0v) is 21.5. The van der Waals surface area contributed by atoms with Crippen molar-refractivity contribution in [3.8, 4) is 5.75 Å². The van der Waals surface area contributed by atoms with Crippen molar-refractivity contribution in [3.63, 3.8) is 0 Å². The number of amides is 1. The Morgan fingerprint density at radius 1 is 0.889 bits per heavy atom. The molecule has 0 bridgehead atoms. The quantitative estimate of drug-likeness (QED) is 0.231. The summed E-state index contributed by atoms with van der Waals surface area (Å²) in [6.45, 7) is 6.32. The molecule has 0 aliphatic carbocycles. The molecule has 0 atom stereocenters. The van der Waals surface area contributed by atoms with Gasteiger partial charge in [-0.3, -0.25) is 4.79 Å². The number of ether oxygens (including phenoxy) is 1. The number of hydrogen-bond donors (Lipinski definition) is 1. The van der Waals surface area contributed by atoms with E-state index in [1.165, 1.54) is 16.7 Å². The summed E-state index contributed by atoms with van der Waals surface area (Å²) in [7, 11) is 0. The molecule has 5 nitrogen and oxygen atoms in total. The lowest BCUT2D eigenvalue weighted by molar-refractivity contribution is -0.121. The Morgan fingerprint density at radius 3 is 2.53 bits per heavy atom. The number of imidazole rings is 1. The first kappa shape index (κ1) is 25.5. The average molecular weight is 484 g/mol. The van der Waals surface area contributed by atoms with Crippen molar-refractivity contribution >= 4 is 16.9 Å². The van der Waals surface area contributed by atoms with Crippen molar-refractivity contribution in [2.45, 2.75) is 58.9 Å². The van der Waals surface area contributed by atoms with E-state index in [1.54, 1.807) is 0 Å². The number of carbonyl (C=O) groups excluding carboxylic acids is 1. The van der Waals surface area contributed by atoms with E-state index in [1.807, 2.05) is 30.3 Å². The Bertz CT molecular complexity index is 1260. The summed E-state index contributed by atoms with van der Waals surface area (Å²) in [4.78, 5) is 17.0. The molecule has 0 unspecified atom stereocenters. The molecule has 1 N–H and O–H groups in total. The molecular formula is C31H37N3O2. The molecule has 0 fully saturated rings. The fourth-order valence-electron chi connectivity index (χ4n) is 4.43. The van der Waals surface area contributed by atoms with Crippen LogP contribution in [0.4, 0.5) is 0 Å². The molecule has 0 saturated heterocycles. The van der Waals surface area contributed by atoms with E-state index in [-0.39, 0.29) is 5.91 Å². The van der Waals surface area contributed by atoms with Gasteiger partial charge in [0.1, 0.15) is 18.2 Å². The fraction of sp³-hybridized carbons (Fsp3) is 0.355. The number of hydrogen-bond acceptors (Lipinski definition) is 3. The van der Waals surface area contributed by atoms with Gasteiger partial charge in [-0.2, -0.15) is 0 Å². The summed E-state index contributed by atoms with van der Waals surface area (Å²) in [6.07, 6.45) is 5.32. The maximum absolute atomic E-state index is 12.1. The minimum absolute atomic E-state index is 0.129. The maximum atomic E-state index is 12.1. The van der Waals surface area contributed by atoms with Crippen molar-refractivity contribution in [2.24, 2.45) is 0 Å². The summed E-state index contributed by atoms with van der Waals surface area (Å²) in [5.41, 5.74) is 5.91. The number of fused-ring (bicyclic) bond motifs is 1. The molecule has 5 heteroatoms. The van der Waals surface area contributed by atoms with Crippen LogP contribution in [0.5, 0.6) is 5.75 Å². The van der Waals surface area contributed by atoms with Crippen LogP contribution in [0.3, 0.4) is 0 Å². The summed E-state index contributed by atoms with van der Waals surface area (Å²) in [6, 6.07) is 24.7. The number of carbonyl (C=O) groups is 1. The smallest absolute Gasteiger partial charge is 0.220 e. The number of aromatic nitrogens is 2. The predicted octanol–water partition coefficient (Wildman–Crippen LogP) is 6.19. The molecule has 0 aliphatic heterocycles. The molecule has 1 heterocycles. The first-order valence-corrected chi connectivity index (χ1v) is 13.0. The highest BCUT2D eigenvalue weighted by Crippen LogP contribution is 2.20. The third-order valence-corrected chi connectivity index (χ3v) is 6.68. The lowest BCUT2D eigenvalue weighted by Crippen LogP contribution is -2.24. The number of unbranched alkanes of at least 4 members (excludes halogenated alkanes) is 2. The van der Waals surface area contributed by atoms with Crippen molar-refractivity contribution in [1.29, 1.82) is 0 Å². The van der Waals surface area contributed by atoms with Crippen LogP contribution in [0.1, 0.15) is 48.2 Å². The topological polar surface area (TPSA) is 56.1 Å². The van der Waals surface area contributed by atoms with Gasteiger partial charge < -0.3 is 14.6 Å². The number of benzene rings is 3. The van der Waals surface area contributed by atoms with Crippen molar-refractivity contribution in [2.75, 3.05) is 13.2 Å². The minimum atomic E-state index is 0.129. The standard InChI is InChI=1S/C31H37N3O2/c1-24-16-18-27(23-25(24)2)36-22-21-34-29-14-9-8-13-28(29)33-30(34)15-7-4-10-20-32-31(35)19-17-26-11-5-3-6-12-26/h3,5-6,8-9,11-14,16,18,23H,4,7,10,15,17,19-22H2,1-2H3,(H,32,35). The molecule has 3 aromatic carbocycles. The van der Waals surface area contributed by atoms with Gasteiger partial charge in [-0.1, -0.05) is 55.0 Å². The number of aryl methyl sites for hydroxylation is 4. The summed E-state index contributed by atoms with van der Waals surface area (Å²) >= 11 is 0. The first-order valence-electron chi connectivity index (χ1n) is 13.0. The highest BCUT2D eigenvalue weighted by molar-refractivity contribution is 5.76. The highest BCUT2D eigenvalue weighted by Gasteiger charge is 2.11. The Hall–Kier alpha value is -3.60. The van der Waals surface area contributed by atoms with Crippen LogP contribution in [0.15, 0.2) is 72.8 Å².